The Kier molecular flexibility index (Phi) is 3.34. The van der Waals surface area contributed by atoms with Crippen LogP contribution in [0.3, 0.4) is 0 Å². The number of anilines is 1. The molecule has 0 saturated heterocycles. The number of pyridine rings is 1. The molecule has 0 unspecified atom stereocenters. The van der Waals surface area contributed by atoms with Crippen LogP contribution in [-0.4, -0.2) is 20.6 Å². The number of amides is 2. The molecule has 2 aromatic heterocycles. The normalized spacial score (nSPS) is 9.94. The van der Waals surface area contributed by atoms with Crippen LogP contribution in [0.15, 0.2) is 36.9 Å². The molecule has 2 N–H and O–H groups in total. The lowest BCUT2D eigenvalue weighted by atomic mass is 10.3. The Hall–Kier alpha value is -2.37. The van der Waals surface area contributed by atoms with Gasteiger partial charge in [0, 0.05) is 19.4 Å². The third-order valence-electron chi connectivity index (χ3n) is 2.10. The second-order valence-electron chi connectivity index (χ2n) is 3.55. The zero-order valence-corrected chi connectivity index (χ0v) is 9.42. The van der Waals surface area contributed by atoms with E-state index in [1.54, 1.807) is 23.3 Å². The second-order valence-corrected chi connectivity index (χ2v) is 3.55. The van der Waals surface area contributed by atoms with Crippen molar-refractivity contribution in [2.24, 2.45) is 7.05 Å². The van der Waals surface area contributed by atoms with Gasteiger partial charge in [0.05, 0.1) is 18.6 Å². The topological polar surface area (TPSA) is 71.8 Å². The van der Waals surface area contributed by atoms with Crippen LogP contribution in [0.4, 0.5) is 10.6 Å². The van der Waals surface area contributed by atoms with Crippen LogP contribution < -0.4 is 10.6 Å². The van der Waals surface area contributed by atoms with E-state index in [4.69, 9.17) is 0 Å². The van der Waals surface area contributed by atoms with Gasteiger partial charge in [-0.15, -0.1) is 0 Å². The molecule has 2 amide bonds. The number of nitrogens with one attached hydrogen (secondary N) is 2. The number of nitrogens with zero attached hydrogens (tertiary/aromatic N) is 3. The van der Waals surface area contributed by atoms with Gasteiger partial charge in [-0.1, -0.05) is 6.07 Å². The van der Waals surface area contributed by atoms with Crippen molar-refractivity contribution in [3.63, 3.8) is 0 Å². The van der Waals surface area contributed by atoms with Crippen LogP contribution >= 0.6 is 0 Å². The third-order valence-corrected chi connectivity index (χ3v) is 2.10. The first-order valence-corrected chi connectivity index (χ1v) is 5.17. The van der Waals surface area contributed by atoms with Crippen LogP contribution in [-0.2, 0) is 13.6 Å². The van der Waals surface area contributed by atoms with Gasteiger partial charge in [0.2, 0.25) is 0 Å². The summed E-state index contributed by atoms with van der Waals surface area (Å²) in [6.07, 6.45) is 5.03. The fourth-order valence-corrected chi connectivity index (χ4v) is 1.31. The number of rotatable bonds is 3. The Morgan fingerprint density at radius 1 is 1.41 bits per heavy atom. The Labute approximate surface area is 98.7 Å². The molecule has 0 atom stereocenters. The quantitative estimate of drug-likeness (QED) is 0.832. The van der Waals surface area contributed by atoms with Crippen LogP contribution in [0, 0.1) is 0 Å². The minimum atomic E-state index is -0.297. The summed E-state index contributed by atoms with van der Waals surface area (Å²) in [6, 6.07) is 5.26. The molecule has 0 aliphatic rings. The summed E-state index contributed by atoms with van der Waals surface area (Å²) >= 11 is 0. The number of carbonyl (C=O) groups is 1. The predicted octanol–water partition coefficient (Wildman–Crippen LogP) is 1.14. The zero-order chi connectivity index (χ0) is 12.1. The van der Waals surface area contributed by atoms with E-state index >= 15 is 0 Å². The van der Waals surface area contributed by atoms with Crippen molar-refractivity contribution in [2.45, 2.75) is 6.54 Å². The summed E-state index contributed by atoms with van der Waals surface area (Å²) in [6.45, 7) is 0.388. The monoisotopic (exact) mass is 231 g/mol. The predicted molar refractivity (Wildman–Crippen MR) is 63.3 cm³/mol. The number of carbonyl (C=O) groups excluding carboxylic acids is 1. The number of imidazole rings is 1. The van der Waals surface area contributed by atoms with Crippen molar-refractivity contribution in [2.75, 3.05) is 5.32 Å². The number of hydrogen-bond acceptors (Lipinski definition) is 3. The Morgan fingerprint density at radius 3 is 2.94 bits per heavy atom. The number of aromatic nitrogens is 3. The minimum Gasteiger partial charge on any atom is -0.338 e. The summed E-state index contributed by atoms with van der Waals surface area (Å²) in [4.78, 5) is 19.6. The fraction of sp³-hybridized carbons (Fsp3) is 0.182. The molecular formula is C11H13N5O. The molecule has 0 bridgehead atoms. The first-order chi connectivity index (χ1) is 8.24. The van der Waals surface area contributed by atoms with E-state index < -0.39 is 0 Å². The number of urea groups is 1. The van der Waals surface area contributed by atoms with Crippen molar-refractivity contribution in [1.82, 2.24) is 19.9 Å². The van der Waals surface area contributed by atoms with Gasteiger partial charge >= 0.3 is 6.03 Å². The molecule has 0 aliphatic carbocycles. The smallest absolute Gasteiger partial charge is 0.320 e. The third kappa shape index (κ3) is 3.30. The highest BCUT2D eigenvalue weighted by Crippen LogP contribution is 2.00. The van der Waals surface area contributed by atoms with E-state index in [1.807, 2.05) is 25.2 Å². The minimum absolute atomic E-state index is 0.297. The molecular weight excluding hydrogens is 218 g/mol. The highest BCUT2D eigenvalue weighted by Gasteiger charge is 2.03. The van der Waals surface area contributed by atoms with E-state index in [1.165, 1.54) is 0 Å². The van der Waals surface area contributed by atoms with Crippen molar-refractivity contribution < 1.29 is 4.79 Å². The molecule has 0 spiro atoms. The Bertz CT molecular complexity index is 494. The summed E-state index contributed by atoms with van der Waals surface area (Å²) in [5.74, 6) is 0.519. The lowest BCUT2D eigenvalue weighted by molar-refractivity contribution is 0.251. The Morgan fingerprint density at radius 2 is 2.29 bits per heavy atom. The molecule has 0 aliphatic heterocycles. The molecule has 17 heavy (non-hydrogen) atoms. The summed E-state index contributed by atoms with van der Waals surface area (Å²) in [5, 5.41) is 5.32. The standard InChI is InChI=1S/C11H13N5O/c1-16-7-10(14-8-16)15-11(17)13-6-9-4-2-3-5-12-9/h2-5,7-8H,6H2,1H3,(H2,13,15,17). The van der Waals surface area contributed by atoms with Gasteiger partial charge in [0.15, 0.2) is 5.82 Å². The SMILES string of the molecule is Cn1cnc(NC(=O)NCc2ccccn2)c1. The number of aryl methyl sites for hydroxylation is 1. The summed E-state index contributed by atoms with van der Waals surface area (Å²) < 4.78 is 1.76. The van der Waals surface area contributed by atoms with Gasteiger partial charge in [0.25, 0.3) is 0 Å². The molecule has 0 aromatic carbocycles. The molecule has 2 rings (SSSR count). The van der Waals surface area contributed by atoms with Crippen LogP contribution in [0.5, 0.6) is 0 Å². The van der Waals surface area contributed by atoms with Crippen LogP contribution in [0.2, 0.25) is 0 Å². The van der Waals surface area contributed by atoms with Gasteiger partial charge < -0.3 is 9.88 Å². The van der Waals surface area contributed by atoms with Gasteiger partial charge in [-0.2, -0.15) is 0 Å². The van der Waals surface area contributed by atoms with E-state index in [9.17, 15) is 4.79 Å². The van der Waals surface area contributed by atoms with Crippen LogP contribution in [0.1, 0.15) is 5.69 Å². The zero-order valence-electron chi connectivity index (χ0n) is 9.42. The fourth-order valence-electron chi connectivity index (χ4n) is 1.31. The largest absolute Gasteiger partial charge is 0.338 e. The first kappa shape index (κ1) is 11.1. The average molecular weight is 231 g/mol. The van der Waals surface area contributed by atoms with Gasteiger partial charge in [-0.05, 0) is 12.1 Å². The number of hydrogen-bond donors (Lipinski definition) is 2. The maximum atomic E-state index is 11.5. The average Bonchev–Trinajstić information content (AvgIpc) is 2.73. The Balaban J connectivity index is 1.82. The lowest BCUT2D eigenvalue weighted by Crippen LogP contribution is -2.28. The summed E-state index contributed by atoms with van der Waals surface area (Å²) in [7, 11) is 1.84. The van der Waals surface area contributed by atoms with Gasteiger partial charge in [-0.3, -0.25) is 10.3 Å². The van der Waals surface area contributed by atoms with Crippen molar-refractivity contribution in [1.29, 1.82) is 0 Å². The van der Waals surface area contributed by atoms with E-state index in [2.05, 4.69) is 20.6 Å². The van der Waals surface area contributed by atoms with E-state index in [-0.39, 0.29) is 6.03 Å². The molecule has 0 radical (unpaired) electrons. The highest BCUT2D eigenvalue weighted by atomic mass is 16.2. The molecule has 6 nitrogen and oxygen atoms in total. The van der Waals surface area contributed by atoms with Gasteiger partial charge in [0.1, 0.15) is 0 Å². The molecule has 2 heterocycles. The van der Waals surface area contributed by atoms with Crippen LogP contribution in [0.25, 0.3) is 0 Å². The molecule has 6 heteroatoms. The molecule has 0 fully saturated rings. The van der Waals surface area contributed by atoms with Crippen molar-refractivity contribution in [3.05, 3.63) is 42.6 Å². The maximum Gasteiger partial charge on any atom is 0.320 e. The van der Waals surface area contributed by atoms with E-state index in [0.717, 1.165) is 5.69 Å². The second kappa shape index (κ2) is 5.11. The van der Waals surface area contributed by atoms with E-state index in [0.29, 0.717) is 12.4 Å². The maximum absolute atomic E-state index is 11.5. The van der Waals surface area contributed by atoms with Crippen molar-refractivity contribution in [3.8, 4) is 0 Å². The highest BCUT2D eigenvalue weighted by molar-refractivity contribution is 5.87. The summed E-state index contributed by atoms with van der Waals surface area (Å²) in [5.41, 5.74) is 0.809. The lowest BCUT2D eigenvalue weighted by Gasteiger charge is -2.04. The van der Waals surface area contributed by atoms with Crippen molar-refractivity contribution >= 4 is 11.8 Å². The molecule has 2 aromatic rings. The molecule has 0 saturated carbocycles. The van der Waals surface area contributed by atoms with Gasteiger partial charge in [-0.25, -0.2) is 9.78 Å². The first-order valence-electron chi connectivity index (χ1n) is 5.17. The molecule has 88 valence electrons.